The summed E-state index contributed by atoms with van der Waals surface area (Å²) in [6, 6.07) is 0.318. The van der Waals surface area contributed by atoms with Crippen molar-refractivity contribution in [1.29, 1.82) is 0 Å². The number of hydrogen-bond donors (Lipinski definition) is 2. The molecule has 0 aromatic heterocycles. The zero-order valence-electron chi connectivity index (χ0n) is 12.6. The van der Waals surface area contributed by atoms with Crippen molar-refractivity contribution >= 4 is 5.91 Å². The second-order valence-corrected chi connectivity index (χ2v) is 6.12. The van der Waals surface area contributed by atoms with Crippen LogP contribution < -0.4 is 5.32 Å². The molecule has 1 saturated heterocycles. The average Bonchev–Trinajstić information content (AvgIpc) is 2.99. The number of rotatable bonds is 6. The van der Waals surface area contributed by atoms with Gasteiger partial charge in [-0.2, -0.15) is 0 Å². The lowest BCUT2D eigenvalue weighted by molar-refractivity contribution is -0.150. The number of nitrogens with one attached hydrogen (secondary N) is 1. The maximum Gasteiger partial charge on any atom is 0.231 e. The van der Waals surface area contributed by atoms with Gasteiger partial charge in [-0.15, -0.1) is 0 Å². The van der Waals surface area contributed by atoms with Crippen LogP contribution in [0, 0.1) is 5.41 Å². The molecule has 1 saturated carbocycles. The highest BCUT2D eigenvalue weighted by molar-refractivity contribution is 5.83. The smallest absolute Gasteiger partial charge is 0.231 e. The molecule has 1 heterocycles. The van der Waals surface area contributed by atoms with Crippen molar-refractivity contribution in [2.45, 2.75) is 44.6 Å². The summed E-state index contributed by atoms with van der Waals surface area (Å²) in [5.41, 5.74) is -0.391. The van der Waals surface area contributed by atoms with Crippen LogP contribution in [0.4, 0.5) is 0 Å². The lowest BCUT2D eigenvalue weighted by atomic mass is 9.78. The van der Waals surface area contributed by atoms with Gasteiger partial charge in [-0.1, -0.05) is 12.8 Å². The van der Waals surface area contributed by atoms with Crippen LogP contribution in [-0.4, -0.2) is 61.9 Å². The van der Waals surface area contributed by atoms with E-state index in [1.165, 1.54) is 12.8 Å². The number of carbonyl (C=O) groups excluding carboxylic acids is 1. The van der Waals surface area contributed by atoms with E-state index in [1.54, 1.807) is 7.11 Å². The summed E-state index contributed by atoms with van der Waals surface area (Å²) < 4.78 is 5.36. The molecule has 2 N–H and O–H groups in total. The summed E-state index contributed by atoms with van der Waals surface area (Å²) in [5, 5.41) is 12.6. The van der Waals surface area contributed by atoms with E-state index in [0.29, 0.717) is 19.2 Å². The summed E-state index contributed by atoms with van der Waals surface area (Å²) in [6.07, 6.45) is 6.19. The van der Waals surface area contributed by atoms with Crippen LogP contribution in [0.3, 0.4) is 0 Å². The van der Waals surface area contributed by atoms with Crippen molar-refractivity contribution in [3.8, 4) is 0 Å². The molecule has 1 amide bonds. The largest absolute Gasteiger partial charge is 0.395 e. The molecule has 5 nitrogen and oxygen atoms in total. The summed E-state index contributed by atoms with van der Waals surface area (Å²) in [4.78, 5) is 15.0. The topological polar surface area (TPSA) is 61.8 Å². The maximum atomic E-state index is 13.1. The van der Waals surface area contributed by atoms with E-state index >= 15 is 0 Å². The van der Waals surface area contributed by atoms with E-state index < -0.39 is 5.41 Å². The van der Waals surface area contributed by atoms with Gasteiger partial charge >= 0.3 is 0 Å². The molecule has 2 rings (SSSR count). The number of carbonyl (C=O) groups is 1. The van der Waals surface area contributed by atoms with Crippen LogP contribution in [0.25, 0.3) is 0 Å². The average molecular weight is 284 g/mol. The highest BCUT2D eigenvalue weighted by Crippen LogP contribution is 2.34. The predicted molar refractivity (Wildman–Crippen MR) is 77.5 cm³/mol. The Hall–Kier alpha value is -0.650. The highest BCUT2D eigenvalue weighted by atomic mass is 16.5. The van der Waals surface area contributed by atoms with Gasteiger partial charge in [0, 0.05) is 19.7 Å². The molecular weight excluding hydrogens is 256 g/mol. The first-order valence-electron chi connectivity index (χ1n) is 7.85. The third kappa shape index (κ3) is 3.32. The molecule has 0 unspecified atom stereocenters. The fraction of sp³-hybridized carbons (Fsp3) is 0.933. The Morgan fingerprint density at radius 1 is 1.35 bits per heavy atom. The highest BCUT2D eigenvalue weighted by Gasteiger charge is 2.44. The molecule has 0 aromatic carbocycles. The number of nitrogens with zero attached hydrogens (tertiary/aromatic N) is 1. The third-order valence-electron chi connectivity index (χ3n) is 4.80. The Labute approximate surface area is 121 Å². The van der Waals surface area contributed by atoms with Gasteiger partial charge < -0.3 is 20.1 Å². The minimum Gasteiger partial charge on any atom is -0.395 e. The molecule has 116 valence electrons. The predicted octanol–water partition coefficient (Wildman–Crippen LogP) is 0.766. The number of ether oxygens (including phenoxy) is 1. The van der Waals surface area contributed by atoms with E-state index in [-0.39, 0.29) is 12.5 Å². The summed E-state index contributed by atoms with van der Waals surface area (Å²) in [5.74, 6) is 0.196. The van der Waals surface area contributed by atoms with Gasteiger partial charge in [0.1, 0.15) is 0 Å². The zero-order chi connectivity index (χ0) is 14.4. The lowest BCUT2D eigenvalue weighted by Gasteiger charge is -2.41. The molecule has 1 aliphatic carbocycles. The van der Waals surface area contributed by atoms with Crippen LogP contribution in [0.2, 0.25) is 0 Å². The normalized spacial score (nSPS) is 22.9. The number of methoxy groups -OCH3 is 1. The fourth-order valence-corrected chi connectivity index (χ4v) is 3.68. The third-order valence-corrected chi connectivity index (χ3v) is 4.80. The molecule has 0 atom stereocenters. The van der Waals surface area contributed by atoms with Crippen LogP contribution in [0.5, 0.6) is 0 Å². The van der Waals surface area contributed by atoms with Gasteiger partial charge in [0.2, 0.25) is 5.91 Å². The van der Waals surface area contributed by atoms with Crippen molar-refractivity contribution in [3.63, 3.8) is 0 Å². The quantitative estimate of drug-likeness (QED) is 0.756. The summed E-state index contributed by atoms with van der Waals surface area (Å²) in [6.45, 7) is 2.73. The van der Waals surface area contributed by atoms with E-state index in [9.17, 15) is 9.90 Å². The first-order valence-corrected chi connectivity index (χ1v) is 7.85. The molecule has 0 radical (unpaired) electrons. The van der Waals surface area contributed by atoms with E-state index in [4.69, 9.17) is 4.74 Å². The van der Waals surface area contributed by atoms with Crippen LogP contribution in [0.15, 0.2) is 0 Å². The van der Waals surface area contributed by atoms with E-state index in [0.717, 1.165) is 38.8 Å². The minimum absolute atomic E-state index is 0.0452. The molecule has 2 aliphatic rings. The molecule has 5 heteroatoms. The number of aliphatic hydroxyl groups is 1. The molecule has 1 aliphatic heterocycles. The van der Waals surface area contributed by atoms with Crippen LogP contribution in [-0.2, 0) is 9.53 Å². The number of hydrogen-bond acceptors (Lipinski definition) is 4. The Kier molecular flexibility index (Phi) is 5.81. The van der Waals surface area contributed by atoms with Gasteiger partial charge in [-0.3, -0.25) is 4.79 Å². The minimum atomic E-state index is -0.391. The summed E-state index contributed by atoms with van der Waals surface area (Å²) >= 11 is 0. The SMILES string of the molecule is COCC1(C(=O)N(CCO)C2CCCC2)CCNCC1. The Morgan fingerprint density at radius 2 is 2.00 bits per heavy atom. The van der Waals surface area contributed by atoms with Gasteiger partial charge in [-0.05, 0) is 38.8 Å². The Morgan fingerprint density at radius 3 is 2.55 bits per heavy atom. The Balaban J connectivity index is 2.13. The van der Waals surface area contributed by atoms with Gasteiger partial charge in [0.25, 0.3) is 0 Å². The first kappa shape index (κ1) is 15.7. The van der Waals surface area contributed by atoms with Crippen molar-refractivity contribution in [1.82, 2.24) is 10.2 Å². The second-order valence-electron chi connectivity index (χ2n) is 6.12. The monoisotopic (exact) mass is 284 g/mol. The number of aliphatic hydroxyl groups excluding tert-OH is 1. The van der Waals surface area contributed by atoms with Crippen LogP contribution >= 0.6 is 0 Å². The Bertz CT molecular complexity index is 305. The zero-order valence-corrected chi connectivity index (χ0v) is 12.6. The molecular formula is C15H28N2O3. The first-order chi connectivity index (χ1) is 9.73. The van der Waals surface area contributed by atoms with Crippen molar-refractivity contribution in [2.24, 2.45) is 5.41 Å². The second kappa shape index (κ2) is 7.38. The molecule has 2 fully saturated rings. The lowest BCUT2D eigenvalue weighted by Crippen LogP contribution is -2.54. The maximum absolute atomic E-state index is 13.1. The van der Waals surface area contributed by atoms with Crippen LogP contribution in [0.1, 0.15) is 38.5 Å². The van der Waals surface area contributed by atoms with Crippen molar-refractivity contribution < 1.29 is 14.6 Å². The number of piperidine rings is 1. The van der Waals surface area contributed by atoms with Gasteiger partial charge in [0.15, 0.2) is 0 Å². The standard InChI is InChI=1S/C15H28N2O3/c1-20-12-15(6-8-16-9-7-15)14(19)17(10-11-18)13-4-2-3-5-13/h13,16,18H,2-12H2,1H3. The fourth-order valence-electron chi connectivity index (χ4n) is 3.68. The van der Waals surface area contributed by atoms with E-state index in [2.05, 4.69) is 5.32 Å². The van der Waals surface area contributed by atoms with Crippen molar-refractivity contribution in [2.75, 3.05) is 40.0 Å². The molecule has 0 bridgehead atoms. The van der Waals surface area contributed by atoms with E-state index in [1.807, 2.05) is 4.90 Å². The summed E-state index contributed by atoms with van der Waals surface area (Å²) in [7, 11) is 1.67. The van der Waals surface area contributed by atoms with Crippen molar-refractivity contribution in [3.05, 3.63) is 0 Å². The molecule has 0 spiro atoms. The van der Waals surface area contributed by atoms with Gasteiger partial charge in [0.05, 0.1) is 18.6 Å². The molecule has 0 aromatic rings. The number of amides is 1. The van der Waals surface area contributed by atoms with Gasteiger partial charge in [-0.25, -0.2) is 0 Å². The molecule has 20 heavy (non-hydrogen) atoms.